The molecular formula is C19H29N3O2. The van der Waals surface area contributed by atoms with E-state index in [4.69, 9.17) is 4.74 Å². The van der Waals surface area contributed by atoms with Gasteiger partial charge in [-0.25, -0.2) is 0 Å². The number of carbonyl (C=O) groups excluding carboxylic acids is 1. The lowest BCUT2D eigenvalue weighted by Crippen LogP contribution is -2.58. The van der Waals surface area contributed by atoms with Crippen LogP contribution in [0.2, 0.25) is 0 Å². The number of piperidine rings is 1. The first-order chi connectivity index (χ1) is 11.4. The van der Waals surface area contributed by atoms with E-state index in [9.17, 15) is 4.79 Å². The molecule has 3 rings (SSSR count). The van der Waals surface area contributed by atoms with Crippen molar-refractivity contribution < 1.29 is 9.53 Å². The van der Waals surface area contributed by atoms with Gasteiger partial charge in [-0.1, -0.05) is 12.5 Å². The van der Waals surface area contributed by atoms with Gasteiger partial charge >= 0.3 is 0 Å². The van der Waals surface area contributed by atoms with Crippen LogP contribution in [0.25, 0.3) is 0 Å². The van der Waals surface area contributed by atoms with Crippen LogP contribution in [0.1, 0.15) is 45.6 Å². The predicted octanol–water partition coefficient (Wildman–Crippen LogP) is 2.46. The maximum atomic E-state index is 13.2. The first-order valence-electron chi connectivity index (χ1n) is 9.04. The fourth-order valence-corrected chi connectivity index (χ4v) is 4.02. The van der Waals surface area contributed by atoms with Crippen LogP contribution >= 0.6 is 0 Å². The highest BCUT2D eigenvalue weighted by Gasteiger charge is 2.38. The highest BCUT2D eigenvalue weighted by atomic mass is 16.5. The Morgan fingerprint density at radius 2 is 2.25 bits per heavy atom. The topological polar surface area (TPSA) is 45.7 Å². The SMILES string of the molecule is C[C@@H]1CN(C(=O)[C@@H]2CCCCN2Cc2cccnc2)CC(C)(C)O1. The number of aromatic nitrogens is 1. The molecular weight excluding hydrogens is 302 g/mol. The van der Waals surface area contributed by atoms with Crippen molar-refractivity contribution in [3.05, 3.63) is 30.1 Å². The summed E-state index contributed by atoms with van der Waals surface area (Å²) in [5.41, 5.74) is 0.906. The van der Waals surface area contributed by atoms with E-state index in [-0.39, 0.29) is 23.7 Å². The van der Waals surface area contributed by atoms with Gasteiger partial charge in [-0.3, -0.25) is 14.7 Å². The minimum atomic E-state index is -0.268. The van der Waals surface area contributed by atoms with Gasteiger partial charge < -0.3 is 9.64 Å². The average molecular weight is 331 g/mol. The first kappa shape index (κ1) is 17.4. The van der Waals surface area contributed by atoms with Gasteiger partial charge in [0.15, 0.2) is 0 Å². The maximum absolute atomic E-state index is 13.2. The summed E-state index contributed by atoms with van der Waals surface area (Å²) in [5.74, 6) is 0.266. The van der Waals surface area contributed by atoms with Crippen molar-refractivity contribution in [2.75, 3.05) is 19.6 Å². The smallest absolute Gasteiger partial charge is 0.240 e. The highest BCUT2D eigenvalue weighted by molar-refractivity contribution is 5.82. The molecule has 2 aliphatic heterocycles. The standard InChI is InChI=1S/C19H29N3O2/c1-15-12-22(14-19(2,3)24-15)18(23)17-8-4-5-10-21(17)13-16-7-6-9-20-11-16/h6-7,9,11,15,17H,4-5,8,10,12-14H2,1-3H3/t15-,17+/m1/s1. The second-order valence-electron chi connectivity index (χ2n) is 7.75. The normalized spacial score (nSPS) is 27.9. The predicted molar refractivity (Wildman–Crippen MR) is 93.5 cm³/mol. The van der Waals surface area contributed by atoms with Crippen LogP contribution in [0.4, 0.5) is 0 Å². The van der Waals surface area contributed by atoms with Gasteiger partial charge in [0, 0.05) is 32.0 Å². The summed E-state index contributed by atoms with van der Waals surface area (Å²) in [5, 5.41) is 0. The van der Waals surface area contributed by atoms with E-state index in [1.807, 2.05) is 17.2 Å². The van der Waals surface area contributed by atoms with E-state index < -0.39 is 0 Å². The number of carbonyl (C=O) groups is 1. The van der Waals surface area contributed by atoms with E-state index in [1.165, 1.54) is 5.56 Å². The minimum Gasteiger partial charge on any atom is -0.369 e. The molecule has 2 atom stereocenters. The molecule has 1 aromatic heterocycles. The van der Waals surface area contributed by atoms with Crippen LogP contribution < -0.4 is 0 Å². The largest absolute Gasteiger partial charge is 0.369 e. The second kappa shape index (κ2) is 7.19. The van der Waals surface area contributed by atoms with Crippen molar-refractivity contribution in [1.29, 1.82) is 0 Å². The lowest BCUT2D eigenvalue weighted by atomic mass is 9.98. The summed E-state index contributed by atoms with van der Waals surface area (Å²) in [6.07, 6.45) is 7.02. The summed E-state index contributed by atoms with van der Waals surface area (Å²) < 4.78 is 5.95. The highest BCUT2D eigenvalue weighted by Crippen LogP contribution is 2.26. The second-order valence-corrected chi connectivity index (χ2v) is 7.75. The third-order valence-electron chi connectivity index (χ3n) is 4.89. The third-order valence-corrected chi connectivity index (χ3v) is 4.89. The number of rotatable bonds is 3. The minimum absolute atomic E-state index is 0.0138. The molecule has 0 spiro atoms. The number of pyridine rings is 1. The zero-order chi connectivity index (χ0) is 17.2. The van der Waals surface area contributed by atoms with Crippen LogP contribution in [0.15, 0.2) is 24.5 Å². The summed E-state index contributed by atoms with van der Waals surface area (Å²) >= 11 is 0. The molecule has 2 aliphatic rings. The van der Waals surface area contributed by atoms with Crippen molar-refractivity contribution >= 4 is 5.91 Å². The number of morpholine rings is 1. The summed E-state index contributed by atoms with van der Waals surface area (Å²) in [6.45, 7) is 9.33. The summed E-state index contributed by atoms with van der Waals surface area (Å²) in [6, 6.07) is 4.03. The molecule has 5 nitrogen and oxygen atoms in total. The molecule has 1 aromatic rings. The Hall–Kier alpha value is -1.46. The molecule has 0 saturated carbocycles. The van der Waals surface area contributed by atoms with Gasteiger partial charge in [-0.2, -0.15) is 0 Å². The third kappa shape index (κ3) is 4.14. The molecule has 0 unspecified atom stereocenters. The summed E-state index contributed by atoms with van der Waals surface area (Å²) in [4.78, 5) is 21.7. The lowest BCUT2D eigenvalue weighted by Gasteiger charge is -2.45. The number of hydrogen-bond acceptors (Lipinski definition) is 4. The molecule has 2 fully saturated rings. The molecule has 0 aromatic carbocycles. The molecule has 0 aliphatic carbocycles. The zero-order valence-electron chi connectivity index (χ0n) is 15.1. The lowest BCUT2D eigenvalue weighted by molar-refractivity contribution is -0.163. The van der Waals surface area contributed by atoms with Gasteiger partial charge in [0.25, 0.3) is 0 Å². The number of amides is 1. The zero-order valence-corrected chi connectivity index (χ0v) is 15.1. The molecule has 0 N–H and O–H groups in total. The van der Waals surface area contributed by atoms with Crippen molar-refractivity contribution in [1.82, 2.24) is 14.8 Å². The summed E-state index contributed by atoms with van der Waals surface area (Å²) in [7, 11) is 0. The van der Waals surface area contributed by atoms with E-state index in [0.29, 0.717) is 13.1 Å². The van der Waals surface area contributed by atoms with Crippen molar-refractivity contribution in [2.45, 2.75) is 64.3 Å². The van der Waals surface area contributed by atoms with Crippen LogP contribution in [0.5, 0.6) is 0 Å². The van der Waals surface area contributed by atoms with Crippen molar-refractivity contribution in [3.63, 3.8) is 0 Å². The van der Waals surface area contributed by atoms with E-state index in [1.54, 1.807) is 6.20 Å². The van der Waals surface area contributed by atoms with Crippen LogP contribution in [0, 0.1) is 0 Å². The van der Waals surface area contributed by atoms with E-state index >= 15 is 0 Å². The van der Waals surface area contributed by atoms with Gasteiger partial charge in [0.05, 0.1) is 17.7 Å². The Labute approximate surface area is 145 Å². The Bertz CT molecular complexity index is 561. The van der Waals surface area contributed by atoms with Gasteiger partial charge in [0.2, 0.25) is 5.91 Å². The maximum Gasteiger partial charge on any atom is 0.240 e. The molecule has 2 saturated heterocycles. The molecule has 24 heavy (non-hydrogen) atoms. The fourth-order valence-electron chi connectivity index (χ4n) is 4.02. The molecule has 3 heterocycles. The van der Waals surface area contributed by atoms with Crippen molar-refractivity contribution in [3.8, 4) is 0 Å². The van der Waals surface area contributed by atoms with Gasteiger partial charge in [0.1, 0.15) is 0 Å². The molecule has 132 valence electrons. The first-order valence-corrected chi connectivity index (χ1v) is 9.04. The molecule has 0 radical (unpaired) electrons. The molecule has 0 bridgehead atoms. The molecule has 5 heteroatoms. The number of hydrogen-bond donors (Lipinski definition) is 0. The number of ether oxygens (including phenoxy) is 1. The Balaban J connectivity index is 1.71. The molecule has 1 amide bonds. The number of nitrogens with zero attached hydrogens (tertiary/aromatic N) is 3. The number of likely N-dealkylation sites (tertiary alicyclic amines) is 1. The monoisotopic (exact) mass is 331 g/mol. The Morgan fingerprint density at radius 3 is 2.96 bits per heavy atom. The van der Waals surface area contributed by atoms with Crippen LogP contribution in [0.3, 0.4) is 0 Å². The van der Waals surface area contributed by atoms with Crippen molar-refractivity contribution in [2.24, 2.45) is 0 Å². The average Bonchev–Trinajstić information content (AvgIpc) is 2.54. The van der Waals surface area contributed by atoms with E-state index in [2.05, 4.69) is 36.7 Å². The fraction of sp³-hybridized carbons (Fsp3) is 0.684. The van der Waals surface area contributed by atoms with Gasteiger partial charge in [-0.05, 0) is 51.8 Å². The Morgan fingerprint density at radius 1 is 1.42 bits per heavy atom. The van der Waals surface area contributed by atoms with Crippen LogP contribution in [-0.2, 0) is 16.1 Å². The van der Waals surface area contributed by atoms with Crippen LogP contribution in [-0.4, -0.2) is 58.1 Å². The van der Waals surface area contributed by atoms with Gasteiger partial charge in [-0.15, -0.1) is 0 Å². The Kier molecular flexibility index (Phi) is 5.21. The quantitative estimate of drug-likeness (QED) is 0.853. The van der Waals surface area contributed by atoms with E-state index in [0.717, 1.165) is 32.4 Å².